The third-order valence-electron chi connectivity index (χ3n) is 7.34. The topological polar surface area (TPSA) is 78.1 Å². The van der Waals surface area contributed by atoms with Crippen LogP contribution in [0.5, 0.6) is 0 Å². The van der Waals surface area contributed by atoms with Crippen LogP contribution in [-0.2, 0) is 13.1 Å². The van der Waals surface area contributed by atoms with Gasteiger partial charge in [0, 0.05) is 34.9 Å². The van der Waals surface area contributed by atoms with Crippen LogP contribution in [0.4, 0.5) is 4.79 Å². The summed E-state index contributed by atoms with van der Waals surface area (Å²) in [7, 11) is 0. The molecule has 3 aliphatic rings. The number of hydrogen-bond acceptors (Lipinski definition) is 3. The summed E-state index contributed by atoms with van der Waals surface area (Å²) >= 11 is 3.51. The van der Waals surface area contributed by atoms with Crippen LogP contribution in [0.25, 0.3) is 10.8 Å². The van der Waals surface area contributed by atoms with Gasteiger partial charge in [0.05, 0.1) is 11.1 Å². The molecule has 2 aliphatic carbocycles. The lowest BCUT2D eigenvalue weighted by atomic mass is 9.49. The Bertz CT molecular complexity index is 1260. The monoisotopic (exact) mass is 478 g/mol. The van der Waals surface area contributed by atoms with Crippen molar-refractivity contribution in [2.24, 2.45) is 5.41 Å². The molecule has 1 spiro atoms. The number of halogens is 1. The van der Waals surface area contributed by atoms with Gasteiger partial charge in [0.25, 0.3) is 5.56 Å². The first-order valence-corrected chi connectivity index (χ1v) is 11.6. The number of amides is 2. The van der Waals surface area contributed by atoms with Gasteiger partial charge < -0.3 is 10.2 Å². The van der Waals surface area contributed by atoms with E-state index in [2.05, 4.69) is 43.6 Å². The van der Waals surface area contributed by atoms with Gasteiger partial charge in [0.2, 0.25) is 0 Å². The van der Waals surface area contributed by atoms with E-state index in [-0.39, 0.29) is 17.6 Å². The minimum Gasteiger partial charge on any atom is -0.335 e. The number of H-pyrrole nitrogens is 1. The van der Waals surface area contributed by atoms with Crippen LogP contribution in [0.15, 0.2) is 51.7 Å². The zero-order valence-electron chi connectivity index (χ0n) is 17.0. The highest BCUT2D eigenvalue weighted by Crippen LogP contribution is 2.62. The maximum absolute atomic E-state index is 12.7. The standard InChI is InChI=1S/C24H23BrN4O2/c25-17-6-5-14-12-29(13-15(14)7-17)23(31)26-18-10-24(11-18)8-16(9-24)21-19-3-1-2-4-20(19)22(30)28-27-21/h1-7,16,18H,8-13H2,(H,26,31)(H,28,30). The van der Waals surface area contributed by atoms with Crippen molar-refractivity contribution in [2.75, 3.05) is 0 Å². The summed E-state index contributed by atoms with van der Waals surface area (Å²) in [4.78, 5) is 26.7. The minimum atomic E-state index is -0.128. The van der Waals surface area contributed by atoms with E-state index in [1.165, 1.54) is 11.1 Å². The Hall–Kier alpha value is -2.67. The first-order valence-electron chi connectivity index (χ1n) is 10.8. The minimum absolute atomic E-state index is 0.0383. The van der Waals surface area contributed by atoms with Gasteiger partial charge in [-0.15, -0.1) is 0 Å². The number of fused-ring (bicyclic) bond motifs is 2. The van der Waals surface area contributed by atoms with Gasteiger partial charge >= 0.3 is 6.03 Å². The largest absolute Gasteiger partial charge is 0.335 e. The van der Waals surface area contributed by atoms with E-state index < -0.39 is 0 Å². The third-order valence-corrected chi connectivity index (χ3v) is 7.83. The molecule has 2 fully saturated rings. The second kappa shape index (κ2) is 6.92. The number of urea groups is 1. The molecule has 3 aromatic rings. The molecule has 0 unspecified atom stereocenters. The lowest BCUT2D eigenvalue weighted by Crippen LogP contribution is -2.57. The quantitative estimate of drug-likeness (QED) is 0.571. The number of aromatic amines is 1. The lowest BCUT2D eigenvalue weighted by Gasteiger charge is -2.57. The number of carbonyl (C=O) groups excluding carboxylic acids is 1. The molecule has 0 saturated heterocycles. The van der Waals surface area contributed by atoms with Gasteiger partial charge in [-0.3, -0.25) is 4.79 Å². The SMILES string of the molecule is O=C(NC1CC2(C1)CC(c1n[nH]c(=O)c3ccccc13)C2)N1Cc2ccc(Br)cc2C1. The lowest BCUT2D eigenvalue weighted by molar-refractivity contribution is -0.0191. The van der Waals surface area contributed by atoms with Gasteiger partial charge in [-0.25, -0.2) is 9.89 Å². The molecular weight excluding hydrogens is 456 g/mol. The molecule has 2 amide bonds. The van der Waals surface area contributed by atoms with Crippen LogP contribution < -0.4 is 10.9 Å². The fourth-order valence-corrected chi connectivity index (χ4v) is 6.23. The van der Waals surface area contributed by atoms with Crippen molar-refractivity contribution >= 4 is 32.7 Å². The molecule has 2 aromatic carbocycles. The summed E-state index contributed by atoms with van der Waals surface area (Å²) in [5, 5.41) is 12.0. The van der Waals surface area contributed by atoms with Crippen LogP contribution in [0.1, 0.15) is 48.4 Å². The Labute approximate surface area is 188 Å². The summed E-state index contributed by atoms with van der Waals surface area (Å²) in [5.74, 6) is 0.380. The zero-order valence-corrected chi connectivity index (χ0v) is 18.6. The molecule has 158 valence electrons. The molecule has 1 aliphatic heterocycles. The van der Waals surface area contributed by atoms with Crippen molar-refractivity contribution in [3.8, 4) is 0 Å². The van der Waals surface area contributed by atoms with Gasteiger partial charge in [0.15, 0.2) is 0 Å². The molecule has 6 nitrogen and oxygen atoms in total. The molecule has 0 radical (unpaired) electrons. The highest BCUT2D eigenvalue weighted by molar-refractivity contribution is 9.10. The number of nitrogens with zero attached hydrogens (tertiary/aromatic N) is 2. The van der Waals surface area contributed by atoms with E-state index in [0.29, 0.717) is 29.8 Å². The predicted octanol–water partition coefficient (Wildman–Crippen LogP) is 4.44. The number of rotatable bonds is 2. The highest BCUT2D eigenvalue weighted by atomic mass is 79.9. The van der Waals surface area contributed by atoms with Crippen molar-refractivity contribution < 1.29 is 4.79 Å². The van der Waals surface area contributed by atoms with Crippen LogP contribution in [0.2, 0.25) is 0 Å². The van der Waals surface area contributed by atoms with E-state index in [0.717, 1.165) is 41.2 Å². The molecule has 0 atom stereocenters. The second-order valence-corrected chi connectivity index (χ2v) is 10.3. The fraction of sp³-hybridized carbons (Fsp3) is 0.375. The molecule has 0 bridgehead atoms. The molecule has 2 N–H and O–H groups in total. The summed E-state index contributed by atoms with van der Waals surface area (Å²) in [6, 6.07) is 14.2. The first kappa shape index (κ1) is 19.0. The fourth-order valence-electron chi connectivity index (χ4n) is 5.82. The van der Waals surface area contributed by atoms with Gasteiger partial charge in [-0.2, -0.15) is 5.10 Å². The Morgan fingerprint density at radius 2 is 1.81 bits per heavy atom. The number of aromatic nitrogens is 2. The molecule has 31 heavy (non-hydrogen) atoms. The van der Waals surface area contributed by atoms with Crippen molar-refractivity contribution in [1.82, 2.24) is 20.4 Å². The normalized spacial score (nSPS) is 26.4. The summed E-state index contributed by atoms with van der Waals surface area (Å²) in [5.41, 5.74) is 3.65. The van der Waals surface area contributed by atoms with Gasteiger partial charge in [-0.05, 0) is 60.4 Å². The molecule has 2 saturated carbocycles. The maximum atomic E-state index is 12.7. The zero-order chi connectivity index (χ0) is 21.2. The first-order chi connectivity index (χ1) is 15.0. The Balaban J connectivity index is 1.06. The smallest absolute Gasteiger partial charge is 0.318 e. The van der Waals surface area contributed by atoms with Crippen LogP contribution in [0.3, 0.4) is 0 Å². The summed E-state index contributed by atoms with van der Waals surface area (Å²) in [6.45, 7) is 1.35. The van der Waals surface area contributed by atoms with Crippen molar-refractivity contribution in [3.63, 3.8) is 0 Å². The number of carbonyl (C=O) groups is 1. The van der Waals surface area contributed by atoms with Crippen molar-refractivity contribution in [2.45, 2.75) is 50.7 Å². The van der Waals surface area contributed by atoms with E-state index >= 15 is 0 Å². The Kier molecular flexibility index (Phi) is 4.25. The van der Waals surface area contributed by atoms with Crippen LogP contribution >= 0.6 is 15.9 Å². The molecule has 2 heterocycles. The number of benzene rings is 2. The molecular formula is C24H23BrN4O2. The van der Waals surface area contributed by atoms with Crippen molar-refractivity contribution in [3.05, 3.63) is 74.1 Å². The third kappa shape index (κ3) is 3.17. The summed E-state index contributed by atoms with van der Waals surface area (Å²) in [6.07, 6.45) is 4.21. The van der Waals surface area contributed by atoms with Crippen molar-refractivity contribution in [1.29, 1.82) is 0 Å². The number of nitrogens with one attached hydrogen (secondary N) is 2. The summed E-state index contributed by atoms with van der Waals surface area (Å²) < 4.78 is 1.05. The van der Waals surface area contributed by atoms with E-state index in [4.69, 9.17) is 0 Å². The van der Waals surface area contributed by atoms with E-state index in [1.54, 1.807) is 0 Å². The average molecular weight is 479 g/mol. The van der Waals surface area contributed by atoms with Crippen LogP contribution in [0, 0.1) is 5.41 Å². The van der Waals surface area contributed by atoms with Gasteiger partial charge in [0.1, 0.15) is 0 Å². The molecule has 6 rings (SSSR count). The molecule has 1 aromatic heterocycles. The molecule has 7 heteroatoms. The Morgan fingerprint density at radius 1 is 1.06 bits per heavy atom. The Morgan fingerprint density at radius 3 is 2.61 bits per heavy atom. The van der Waals surface area contributed by atoms with E-state index in [1.807, 2.05) is 35.2 Å². The average Bonchev–Trinajstić information content (AvgIpc) is 3.13. The second-order valence-electron chi connectivity index (χ2n) is 9.41. The predicted molar refractivity (Wildman–Crippen MR) is 122 cm³/mol. The van der Waals surface area contributed by atoms with Gasteiger partial charge in [-0.1, -0.05) is 40.2 Å². The van der Waals surface area contributed by atoms with Crippen LogP contribution in [-0.4, -0.2) is 27.2 Å². The number of hydrogen-bond donors (Lipinski definition) is 2. The van der Waals surface area contributed by atoms with E-state index in [9.17, 15) is 9.59 Å². The maximum Gasteiger partial charge on any atom is 0.318 e. The highest BCUT2D eigenvalue weighted by Gasteiger charge is 2.54.